The van der Waals surface area contributed by atoms with Gasteiger partial charge in [0.15, 0.2) is 0 Å². The summed E-state index contributed by atoms with van der Waals surface area (Å²) in [5, 5.41) is 32.1. The van der Waals surface area contributed by atoms with E-state index in [1.54, 1.807) is 19.1 Å². The van der Waals surface area contributed by atoms with Crippen LogP contribution >= 0.6 is 11.3 Å². The van der Waals surface area contributed by atoms with Gasteiger partial charge >= 0.3 is 4.94 Å². The minimum absolute atomic E-state index is 0.357. The topological polar surface area (TPSA) is 138 Å². The van der Waals surface area contributed by atoms with Crippen LogP contribution in [0.3, 0.4) is 0 Å². The van der Waals surface area contributed by atoms with Crippen LogP contribution in [0.2, 0.25) is 0 Å². The number of aliphatic hydroxyl groups is 3. The average Bonchev–Trinajstić information content (AvgIpc) is 2.97. The maximum atomic E-state index is 11.4. The molecular weight excluding hydrogens is 366 g/mol. The Labute approximate surface area is 151 Å². The SMILES string of the molecule is CC(=O)N[C@@H]1[C@H](Oc2ccc3oc(=O)sc3c2C)O[C@H](CO)[C@@H](O)[C@@H]1O. The van der Waals surface area contributed by atoms with Gasteiger partial charge in [0.25, 0.3) is 0 Å². The Balaban J connectivity index is 1.93. The molecule has 0 radical (unpaired) electrons. The first-order valence-electron chi connectivity index (χ1n) is 7.91. The van der Waals surface area contributed by atoms with Crippen LogP contribution in [-0.2, 0) is 9.53 Å². The van der Waals surface area contributed by atoms with Crippen molar-refractivity contribution in [1.29, 1.82) is 0 Å². The zero-order chi connectivity index (χ0) is 19.0. The Morgan fingerprint density at radius 1 is 1.35 bits per heavy atom. The quantitative estimate of drug-likeness (QED) is 0.552. The predicted octanol–water partition coefficient (Wildman–Crippen LogP) is -0.515. The fourth-order valence-corrected chi connectivity index (χ4v) is 3.64. The van der Waals surface area contributed by atoms with Crippen LogP contribution < -0.4 is 15.0 Å². The molecule has 1 fully saturated rings. The molecule has 3 rings (SSSR count). The number of amides is 1. The van der Waals surface area contributed by atoms with Gasteiger partial charge in [0.05, 0.1) is 11.3 Å². The Morgan fingerprint density at radius 3 is 2.73 bits per heavy atom. The molecule has 1 amide bonds. The number of rotatable bonds is 4. The van der Waals surface area contributed by atoms with Crippen molar-refractivity contribution < 1.29 is 34.0 Å². The summed E-state index contributed by atoms with van der Waals surface area (Å²) < 4.78 is 17.0. The van der Waals surface area contributed by atoms with Gasteiger partial charge in [-0.2, -0.15) is 0 Å². The maximum absolute atomic E-state index is 11.4. The standard InChI is InChI=1S/C16H19NO8S/c1-6-8(3-4-9-14(6)26-16(22)25-9)23-15-11(17-7(2)19)13(21)12(20)10(5-18)24-15/h3-4,10-13,15,18,20-21H,5H2,1-2H3,(H,17,19)/t10-,11+,12-,13-,15-/m1/s1. The van der Waals surface area contributed by atoms with E-state index < -0.39 is 48.1 Å². The Kier molecular flexibility index (Phi) is 5.30. The van der Waals surface area contributed by atoms with Gasteiger partial charge in [0.1, 0.15) is 35.7 Å². The van der Waals surface area contributed by atoms with Gasteiger partial charge in [-0.15, -0.1) is 0 Å². The number of ether oxygens (including phenoxy) is 2. The molecule has 0 aliphatic carbocycles. The number of aryl methyl sites for hydroxylation is 1. The summed E-state index contributed by atoms with van der Waals surface area (Å²) in [5.41, 5.74) is 1.06. The minimum Gasteiger partial charge on any atom is -0.462 e. The molecule has 4 N–H and O–H groups in total. The third-order valence-corrected chi connectivity index (χ3v) is 5.15. The first kappa shape index (κ1) is 18.8. The smallest absolute Gasteiger partial charge is 0.396 e. The molecule has 0 unspecified atom stereocenters. The Bertz CT molecular complexity index is 862. The predicted molar refractivity (Wildman–Crippen MR) is 91.1 cm³/mol. The van der Waals surface area contributed by atoms with E-state index in [0.717, 1.165) is 11.3 Å². The van der Waals surface area contributed by atoms with Crippen LogP contribution in [-0.4, -0.2) is 58.5 Å². The van der Waals surface area contributed by atoms with E-state index in [1.165, 1.54) is 6.92 Å². The lowest BCUT2D eigenvalue weighted by molar-refractivity contribution is -0.244. The molecule has 26 heavy (non-hydrogen) atoms. The fourth-order valence-electron chi connectivity index (χ4n) is 2.87. The van der Waals surface area contributed by atoms with Gasteiger partial charge in [-0.25, -0.2) is 4.79 Å². The molecule has 142 valence electrons. The van der Waals surface area contributed by atoms with Crippen LogP contribution in [0.15, 0.2) is 21.3 Å². The molecule has 1 aromatic carbocycles. The van der Waals surface area contributed by atoms with E-state index in [1.807, 2.05) is 0 Å². The molecule has 1 aliphatic rings. The summed E-state index contributed by atoms with van der Waals surface area (Å²) in [6, 6.07) is 2.09. The highest BCUT2D eigenvalue weighted by atomic mass is 32.1. The first-order valence-corrected chi connectivity index (χ1v) is 8.73. The summed E-state index contributed by atoms with van der Waals surface area (Å²) in [4.78, 5) is 22.4. The highest BCUT2D eigenvalue weighted by Crippen LogP contribution is 2.32. The van der Waals surface area contributed by atoms with E-state index in [4.69, 9.17) is 13.9 Å². The van der Waals surface area contributed by atoms with E-state index in [-0.39, 0.29) is 0 Å². The van der Waals surface area contributed by atoms with E-state index >= 15 is 0 Å². The number of fused-ring (bicyclic) bond motifs is 1. The number of nitrogens with one attached hydrogen (secondary N) is 1. The van der Waals surface area contributed by atoms with Crippen LogP contribution in [0.1, 0.15) is 12.5 Å². The second-order valence-corrected chi connectivity index (χ2v) is 6.97. The lowest BCUT2D eigenvalue weighted by Crippen LogP contribution is -2.65. The lowest BCUT2D eigenvalue weighted by Gasteiger charge is -2.42. The van der Waals surface area contributed by atoms with Crippen LogP contribution in [0, 0.1) is 6.92 Å². The molecule has 1 aliphatic heterocycles. The summed E-state index contributed by atoms with van der Waals surface area (Å²) in [5.74, 6) is -0.0868. The summed E-state index contributed by atoms with van der Waals surface area (Å²) in [6.07, 6.45) is -5.02. The van der Waals surface area contributed by atoms with Crippen LogP contribution in [0.4, 0.5) is 0 Å². The van der Waals surface area contributed by atoms with E-state index in [9.17, 15) is 24.9 Å². The van der Waals surface area contributed by atoms with Gasteiger partial charge in [-0.3, -0.25) is 4.79 Å². The van der Waals surface area contributed by atoms with Gasteiger partial charge in [-0.1, -0.05) is 11.3 Å². The first-order chi connectivity index (χ1) is 12.3. The molecule has 2 aromatic rings. The van der Waals surface area contributed by atoms with Crippen molar-refractivity contribution in [2.24, 2.45) is 0 Å². The number of carbonyl (C=O) groups is 1. The molecule has 0 spiro atoms. The van der Waals surface area contributed by atoms with Crippen molar-refractivity contribution >= 4 is 27.5 Å². The summed E-state index contributed by atoms with van der Waals surface area (Å²) in [7, 11) is 0. The second kappa shape index (κ2) is 7.33. The molecular formula is C16H19NO8S. The highest BCUT2D eigenvalue weighted by molar-refractivity contribution is 7.16. The number of benzene rings is 1. The third-order valence-electron chi connectivity index (χ3n) is 4.19. The Morgan fingerprint density at radius 2 is 2.08 bits per heavy atom. The number of hydrogen-bond acceptors (Lipinski definition) is 9. The second-order valence-electron chi connectivity index (χ2n) is 6.02. The van der Waals surface area contributed by atoms with Gasteiger partial charge in [0.2, 0.25) is 12.2 Å². The van der Waals surface area contributed by atoms with Crippen molar-refractivity contribution in [3.05, 3.63) is 27.4 Å². The number of carbonyl (C=O) groups excluding carboxylic acids is 1. The van der Waals surface area contributed by atoms with Crippen molar-refractivity contribution in [2.45, 2.75) is 44.5 Å². The van der Waals surface area contributed by atoms with Crippen LogP contribution in [0.25, 0.3) is 10.3 Å². The van der Waals surface area contributed by atoms with E-state index in [2.05, 4.69) is 5.32 Å². The maximum Gasteiger partial charge on any atom is 0.396 e. The highest BCUT2D eigenvalue weighted by Gasteiger charge is 2.46. The average molecular weight is 385 g/mol. The molecule has 2 heterocycles. The zero-order valence-electron chi connectivity index (χ0n) is 14.0. The molecule has 0 saturated carbocycles. The molecule has 9 nitrogen and oxygen atoms in total. The normalized spacial score (nSPS) is 28.9. The molecule has 1 aromatic heterocycles. The lowest BCUT2D eigenvalue weighted by atomic mass is 9.97. The molecule has 10 heteroatoms. The van der Waals surface area contributed by atoms with Gasteiger partial charge < -0.3 is 34.5 Å². The molecule has 0 bridgehead atoms. The van der Waals surface area contributed by atoms with Gasteiger partial charge in [0, 0.05) is 12.5 Å². The number of hydrogen-bond donors (Lipinski definition) is 4. The fraction of sp³-hybridized carbons (Fsp3) is 0.500. The minimum atomic E-state index is -1.40. The van der Waals surface area contributed by atoms with Crippen LogP contribution in [0.5, 0.6) is 5.75 Å². The van der Waals surface area contributed by atoms with Gasteiger partial charge in [-0.05, 0) is 19.1 Å². The largest absolute Gasteiger partial charge is 0.462 e. The van der Waals surface area contributed by atoms with Crippen molar-refractivity contribution in [3.63, 3.8) is 0 Å². The van der Waals surface area contributed by atoms with Crippen molar-refractivity contribution in [1.82, 2.24) is 5.32 Å². The summed E-state index contributed by atoms with van der Waals surface area (Å²) >= 11 is 0.930. The van der Waals surface area contributed by atoms with Crippen molar-refractivity contribution in [2.75, 3.05) is 6.61 Å². The number of aliphatic hydroxyl groups excluding tert-OH is 3. The molecule has 5 atom stereocenters. The Hall–Kier alpha value is -1.98. The summed E-state index contributed by atoms with van der Waals surface area (Å²) in [6.45, 7) is 2.45. The van der Waals surface area contributed by atoms with Crippen molar-refractivity contribution in [3.8, 4) is 5.75 Å². The molecule has 1 saturated heterocycles. The third kappa shape index (κ3) is 3.46. The monoisotopic (exact) mass is 385 g/mol. The van der Waals surface area contributed by atoms with E-state index in [0.29, 0.717) is 21.6 Å². The zero-order valence-corrected chi connectivity index (χ0v) is 14.9.